The minimum absolute atomic E-state index is 0.753. The Labute approximate surface area is 285 Å². The van der Waals surface area contributed by atoms with Gasteiger partial charge in [-0.1, -0.05) is 133 Å². The van der Waals surface area contributed by atoms with E-state index in [0.717, 1.165) is 33.5 Å². The quantitative estimate of drug-likeness (QED) is 0.190. The summed E-state index contributed by atoms with van der Waals surface area (Å²) in [5.41, 5.74) is 9.08. The van der Waals surface area contributed by atoms with Gasteiger partial charge in [0, 0.05) is 56.9 Å². The van der Waals surface area contributed by atoms with Crippen molar-refractivity contribution in [2.75, 3.05) is 0 Å². The van der Waals surface area contributed by atoms with Gasteiger partial charge in [0.2, 0.25) is 0 Å². The average Bonchev–Trinajstić information content (AvgIpc) is 3.73. The first-order chi connectivity index (χ1) is 23.8. The normalized spacial score (nSPS) is 11.8. The molecule has 0 amide bonds. The lowest BCUT2D eigenvalue weighted by Gasteiger charge is -2.10. The van der Waals surface area contributed by atoms with E-state index in [2.05, 4.69) is 152 Å². The third-order valence-electron chi connectivity index (χ3n) is 9.31. The van der Waals surface area contributed by atoms with Crippen LogP contribution < -0.4 is 0 Å². The molecule has 0 atom stereocenters. The second kappa shape index (κ2) is 11.0. The SMILES string of the molecule is c1ccc(-c2nc(-c3cccc4sc5ccc(-c6cccc7c6sc6c(-c8ccccc8)cccc67)cc5c34)nc3ccccc23)cc1. The Bertz CT molecular complexity index is 2830. The molecule has 0 aliphatic heterocycles. The molecule has 4 heteroatoms. The Hall–Kier alpha value is -5.68. The molecule has 224 valence electrons. The van der Waals surface area contributed by atoms with Crippen LogP contribution in [0, 0.1) is 0 Å². The molecule has 0 unspecified atom stereocenters. The average molecular weight is 647 g/mol. The van der Waals surface area contributed by atoms with E-state index in [0.29, 0.717) is 0 Å². The number of para-hydroxylation sites is 1. The summed E-state index contributed by atoms with van der Waals surface area (Å²) < 4.78 is 5.16. The van der Waals surface area contributed by atoms with Gasteiger partial charge in [0.25, 0.3) is 0 Å². The molecule has 48 heavy (non-hydrogen) atoms. The van der Waals surface area contributed by atoms with Crippen molar-refractivity contribution in [3.8, 4) is 44.9 Å². The van der Waals surface area contributed by atoms with Gasteiger partial charge >= 0.3 is 0 Å². The molecule has 0 saturated carbocycles. The standard InChI is InChI=1S/C44H26N2S2/c1-3-12-27(13-4-1)30-17-9-19-32-33-20-10-18-31(43(33)48-42(30)32)29-24-25-38-36(26-29)40-35(21-11-23-39(40)47-38)44-45-37-22-8-7-16-34(37)41(46-44)28-14-5-2-6-15-28/h1-26H. The summed E-state index contributed by atoms with van der Waals surface area (Å²) in [5.74, 6) is 0.753. The van der Waals surface area contributed by atoms with Gasteiger partial charge < -0.3 is 0 Å². The van der Waals surface area contributed by atoms with Crippen LogP contribution in [-0.2, 0) is 0 Å². The van der Waals surface area contributed by atoms with Gasteiger partial charge in [0.1, 0.15) is 0 Å². The summed E-state index contributed by atoms with van der Waals surface area (Å²) in [6, 6.07) is 56.4. The maximum Gasteiger partial charge on any atom is 0.161 e. The number of thiophene rings is 2. The lowest BCUT2D eigenvalue weighted by molar-refractivity contribution is 1.23. The van der Waals surface area contributed by atoms with Crippen LogP contribution in [0.5, 0.6) is 0 Å². The van der Waals surface area contributed by atoms with Crippen LogP contribution in [0.25, 0.3) is 96.1 Å². The fourth-order valence-corrected chi connectivity index (χ4v) is 9.57. The number of benzene rings is 7. The van der Waals surface area contributed by atoms with E-state index >= 15 is 0 Å². The number of aromatic nitrogens is 2. The highest BCUT2D eigenvalue weighted by Gasteiger charge is 2.18. The molecule has 3 aromatic heterocycles. The molecule has 0 spiro atoms. The van der Waals surface area contributed by atoms with Crippen LogP contribution in [0.4, 0.5) is 0 Å². The van der Waals surface area contributed by atoms with Crippen LogP contribution in [0.2, 0.25) is 0 Å². The highest BCUT2D eigenvalue weighted by Crippen LogP contribution is 2.46. The van der Waals surface area contributed by atoms with Crippen LogP contribution in [0.3, 0.4) is 0 Å². The number of hydrogen-bond donors (Lipinski definition) is 0. The van der Waals surface area contributed by atoms with Crippen molar-refractivity contribution >= 4 is 73.9 Å². The maximum atomic E-state index is 5.25. The summed E-state index contributed by atoms with van der Waals surface area (Å²) in [6.07, 6.45) is 0. The molecule has 0 aliphatic rings. The van der Waals surface area contributed by atoms with Crippen molar-refractivity contribution in [1.82, 2.24) is 9.97 Å². The molecule has 0 aliphatic carbocycles. The second-order valence-corrected chi connectivity index (χ2v) is 14.2. The summed E-state index contributed by atoms with van der Waals surface area (Å²) in [6.45, 7) is 0. The first kappa shape index (κ1) is 27.4. The Morgan fingerprint density at radius 3 is 1.77 bits per heavy atom. The summed E-state index contributed by atoms with van der Waals surface area (Å²) >= 11 is 3.73. The predicted molar refractivity (Wildman–Crippen MR) is 207 cm³/mol. The number of hydrogen-bond acceptors (Lipinski definition) is 4. The van der Waals surface area contributed by atoms with E-state index in [-0.39, 0.29) is 0 Å². The van der Waals surface area contributed by atoms with E-state index in [1.54, 1.807) is 0 Å². The number of rotatable bonds is 4. The van der Waals surface area contributed by atoms with Crippen LogP contribution in [0.1, 0.15) is 0 Å². The molecule has 10 rings (SSSR count). The molecule has 2 nitrogen and oxygen atoms in total. The van der Waals surface area contributed by atoms with Gasteiger partial charge in [-0.2, -0.15) is 0 Å². The zero-order valence-corrected chi connectivity index (χ0v) is 27.4. The van der Waals surface area contributed by atoms with E-state index in [4.69, 9.17) is 9.97 Å². The first-order valence-electron chi connectivity index (χ1n) is 16.1. The predicted octanol–water partition coefficient (Wildman–Crippen LogP) is 13.0. The molecular formula is C44H26N2S2. The van der Waals surface area contributed by atoms with Gasteiger partial charge in [-0.15, -0.1) is 22.7 Å². The summed E-state index contributed by atoms with van der Waals surface area (Å²) in [4.78, 5) is 10.4. The highest BCUT2D eigenvalue weighted by atomic mass is 32.1. The monoisotopic (exact) mass is 646 g/mol. The lowest BCUT2D eigenvalue weighted by atomic mass is 9.98. The van der Waals surface area contributed by atoms with Crippen LogP contribution in [-0.4, -0.2) is 9.97 Å². The van der Waals surface area contributed by atoms with Crippen molar-refractivity contribution in [1.29, 1.82) is 0 Å². The highest BCUT2D eigenvalue weighted by molar-refractivity contribution is 7.27. The number of nitrogens with zero attached hydrogens (tertiary/aromatic N) is 2. The van der Waals surface area contributed by atoms with Gasteiger partial charge in [0.05, 0.1) is 11.2 Å². The third kappa shape index (κ3) is 4.31. The summed E-state index contributed by atoms with van der Waals surface area (Å²) in [5, 5.41) is 6.13. The van der Waals surface area contributed by atoms with Crippen molar-refractivity contribution in [3.05, 3.63) is 158 Å². The fraction of sp³-hybridized carbons (Fsp3) is 0. The van der Waals surface area contributed by atoms with Gasteiger partial charge in [-0.3, -0.25) is 0 Å². The minimum Gasteiger partial charge on any atom is -0.228 e. The van der Waals surface area contributed by atoms with E-state index in [1.807, 2.05) is 28.7 Å². The molecule has 0 bridgehead atoms. The molecule has 0 fully saturated rings. The molecule has 3 heterocycles. The first-order valence-corrected chi connectivity index (χ1v) is 17.7. The molecular weight excluding hydrogens is 621 g/mol. The Morgan fingerprint density at radius 1 is 0.375 bits per heavy atom. The van der Waals surface area contributed by atoms with Gasteiger partial charge in [-0.25, -0.2) is 9.97 Å². The van der Waals surface area contributed by atoms with Crippen LogP contribution in [0.15, 0.2) is 158 Å². The van der Waals surface area contributed by atoms with Gasteiger partial charge in [-0.05, 0) is 46.5 Å². The Kier molecular flexibility index (Phi) is 6.26. The molecule has 10 aromatic rings. The van der Waals surface area contributed by atoms with Crippen molar-refractivity contribution in [2.45, 2.75) is 0 Å². The lowest BCUT2D eigenvalue weighted by Crippen LogP contribution is -1.95. The topological polar surface area (TPSA) is 25.8 Å². The van der Waals surface area contributed by atoms with Crippen molar-refractivity contribution < 1.29 is 0 Å². The molecule has 7 aromatic carbocycles. The Balaban J connectivity index is 1.19. The fourth-order valence-electron chi connectivity index (χ4n) is 7.09. The van der Waals surface area contributed by atoms with E-state index in [9.17, 15) is 0 Å². The van der Waals surface area contributed by atoms with E-state index in [1.165, 1.54) is 62.6 Å². The van der Waals surface area contributed by atoms with Gasteiger partial charge in [0.15, 0.2) is 5.82 Å². The maximum absolute atomic E-state index is 5.25. The minimum atomic E-state index is 0.753. The zero-order chi connectivity index (χ0) is 31.6. The van der Waals surface area contributed by atoms with Crippen molar-refractivity contribution in [2.24, 2.45) is 0 Å². The summed E-state index contributed by atoms with van der Waals surface area (Å²) in [7, 11) is 0. The smallest absolute Gasteiger partial charge is 0.161 e. The van der Waals surface area contributed by atoms with Crippen molar-refractivity contribution in [3.63, 3.8) is 0 Å². The molecule has 0 saturated heterocycles. The Morgan fingerprint density at radius 2 is 1.00 bits per heavy atom. The number of fused-ring (bicyclic) bond motifs is 7. The molecule has 0 radical (unpaired) electrons. The molecule has 0 N–H and O–H groups in total. The van der Waals surface area contributed by atoms with E-state index < -0.39 is 0 Å². The van der Waals surface area contributed by atoms with Crippen LogP contribution >= 0.6 is 22.7 Å². The second-order valence-electron chi connectivity index (χ2n) is 12.1. The zero-order valence-electron chi connectivity index (χ0n) is 25.7. The largest absolute Gasteiger partial charge is 0.228 e. The third-order valence-corrected chi connectivity index (χ3v) is 11.7.